The van der Waals surface area contributed by atoms with E-state index in [2.05, 4.69) is 17.2 Å². The van der Waals surface area contributed by atoms with E-state index in [4.69, 9.17) is 0 Å². The highest BCUT2D eigenvalue weighted by molar-refractivity contribution is 5.91. The van der Waals surface area contributed by atoms with Crippen LogP contribution in [0.4, 0.5) is 5.69 Å². The van der Waals surface area contributed by atoms with Gasteiger partial charge < -0.3 is 5.32 Å². The van der Waals surface area contributed by atoms with Crippen molar-refractivity contribution in [3.63, 3.8) is 0 Å². The number of carbonyl (C=O) groups is 1. The Morgan fingerprint density at radius 2 is 1.86 bits per heavy atom. The number of pyridine rings is 1. The molecule has 0 aliphatic carbocycles. The van der Waals surface area contributed by atoms with E-state index in [1.807, 2.05) is 54.6 Å². The van der Waals surface area contributed by atoms with Crippen molar-refractivity contribution < 1.29 is 4.79 Å². The first kappa shape index (κ1) is 17.7. The Morgan fingerprint density at radius 1 is 1.04 bits per heavy atom. The second kappa shape index (κ2) is 7.52. The molecule has 1 N–H and O–H groups in total. The molecule has 1 amide bonds. The fraction of sp³-hybridized carbons (Fsp3) is 0.136. The zero-order chi connectivity index (χ0) is 19.5. The van der Waals surface area contributed by atoms with Crippen LogP contribution < -0.4 is 10.9 Å². The highest BCUT2D eigenvalue weighted by Gasteiger charge is 2.17. The standard InChI is InChI=1S/C22H20N4O2/c1-2-16-8-6-9-17(14-16)24-20(27)15-25-21-19(12-7-13-23-21)22(28)26(25)18-10-4-3-5-11-18/h3-14H,2,15H2,1H3,(H,24,27). The number of nitrogens with zero attached hydrogens (tertiary/aromatic N) is 3. The normalized spacial score (nSPS) is 10.9. The number of nitrogens with one attached hydrogen (secondary N) is 1. The van der Waals surface area contributed by atoms with E-state index < -0.39 is 0 Å². The average Bonchev–Trinajstić information content (AvgIpc) is 3.00. The number of aromatic nitrogens is 3. The number of aryl methyl sites for hydroxylation is 1. The van der Waals surface area contributed by atoms with Crippen molar-refractivity contribution in [1.82, 2.24) is 14.3 Å². The molecule has 28 heavy (non-hydrogen) atoms. The van der Waals surface area contributed by atoms with E-state index >= 15 is 0 Å². The lowest BCUT2D eigenvalue weighted by molar-refractivity contribution is -0.116. The fourth-order valence-electron chi connectivity index (χ4n) is 3.27. The number of rotatable bonds is 5. The molecule has 140 valence electrons. The third-order valence-electron chi connectivity index (χ3n) is 4.61. The van der Waals surface area contributed by atoms with Crippen LogP contribution in [0.3, 0.4) is 0 Å². The van der Waals surface area contributed by atoms with Crippen LogP contribution in [0.2, 0.25) is 0 Å². The largest absolute Gasteiger partial charge is 0.324 e. The molecule has 2 heterocycles. The van der Waals surface area contributed by atoms with E-state index in [1.165, 1.54) is 4.68 Å². The van der Waals surface area contributed by atoms with Gasteiger partial charge in [-0.3, -0.25) is 14.3 Å². The van der Waals surface area contributed by atoms with Crippen molar-refractivity contribution in [3.05, 3.63) is 88.8 Å². The summed E-state index contributed by atoms with van der Waals surface area (Å²) in [6.45, 7) is 2.04. The Balaban J connectivity index is 1.73. The molecule has 4 rings (SSSR count). The number of amides is 1. The molecule has 4 aromatic rings. The molecule has 0 fully saturated rings. The van der Waals surface area contributed by atoms with Gasteiger partial charge in [0.1, 0.15) is 6.54 Å². The number of hydrogen-bond acceptors (Lipinski definition) is 3. The Kier molecular flexibility index (Phi) is 4.76. The van der Waals surface area contributed by atoms with Gasteiger partial charge in [0.15, 0.2) is 5.65 Å². The van der Waals surface area contributed by atoms with Gasteiger partial charge in [-0.25, -0.2) is 9.67 Å². The van der Waals surface area contributed by atoms with E-state index in [0.29, 0.717) is 16.7 Å². The van der Waals surface area contributed by atoms with Crippen molar-refractivity contribution in [2.24, 2.45) is 0 Å². The fourth-order valence-corrected chi connectivity index (χ4v) is 3.27. The monoisotopic (exact) mass is 372 g/mol. The van der Waals surface area contributed by atoms with E-state index in [1.54, 1.807) is 23.0 Å². The van der Waals surface area contributed by atoms with Crippen LogP contribution in [0.15, 0.2) is 77.7 Å². The molecule has 0 saturated carbocycles. The van der Waals surface area contributed by atoms with Gasteiger partial charge in [-0.1, -0.05) is 37.3 Å². The van der Waals surface area contributed by atoms with Gasteiger partial charge >= 0.3 is 0 Å². The maximum atomic E-state index is 12.9. The van der Waals surface area contributed by atoms with Gasteiger partial charge in [0.2, 0.25) is 5.91 Å². The van der Waals surface area contributed by atoms with Crippen LogP contribution in [0.5, 0.6) is 0 Å². The molecule has 0 saturated heterocycles. The van der Waals surface area contributed by atoms with E-state index in [0.717, 1.165) is 17.7 Å². The molecular weight excluding hydrogens is 352 g/mol. The smallest absolute Gasteiger partial charge is 0.280 e. The molecule has 6 nitrogen and oxygen atoms in total. The summed E-state index contributed by atoms with van der Waals surface area (Å²) in [5.74, 6) is -0.222. The van der Waals surface area contributed by atoms with E-state index in [9.17, 15) is 9.59 Å². The number of carbonyl (C=O) groups excluding carboxylic acids is 1. The van der Waals surface area contributed by atoms with Gasteiger partial charge in [0.05, 0.1) is 11.1 Å². The summed E-state index contributed by atoms with van der Waals surface area (Å²) in [7, 11) is 0. The second-order valence-corrected chi connectivity index (χ2v) is 6.49. The van der Waals surface area contributed by atoms with Gasteiger partial charge in [-0.05, 0) is 48.4 Å². The predicted octanol–water partition coefficient (Wildman–Crippen LogP) is 3.39. The Hall–Kier alpha value is -3.67. The Labute approximate surface area is 162 Å². The van der Waals surface area contributed by atoms with Crippen molar-refractivity contribution in [1.29, 1.82) is 0 Å². The molecule has 0 spiro atoms. The van der Waals surface area contributed by atoms with Crippen molar-refractivity contribution >= 4 is 22.6 Å². The van der Waals surface area contributed by atoms with Crippen LogP contribution in [-0.2, 0) is 17.8 Å². The van der Waals surface area contributed by atoms with Crippen LogP contribution in [-0.4, -0.2) is 20.3 Å². The summed E-state index contributed by atoms with van der Waals surface area (Å²) >= 11 is 0. The topological polar surface area (TPSA) is 68.9 Å². The summed E-state index contributed by atoms with van der Waals surface area (Å²) in [4.78, 5) is 30.0. The van der Waals surface area contributed by atoms with Crippen LogP contribution in [0.25, 0.3) is 16.7 Å². The number of hydrogen-bond donors (Lipinski definition) is 1. The number of benzene rings is 2. The number of fused-ring (bicyclic) bond motifs is 1. The predicted molar refractivity (Wildman–Crippen MR) is 110 cm³/mol. The summed E-state index contributed by atoms with van der Waals surface area (Å²) in [5, 5.41) is 3.39. The molecule has 2 aromatic carbocycles. The molecule has 2 aromatic heterocycles. The molecule has 0 aliphatic heterocycles. The van der Waals surface area contributed by atoms with Crippen LogP contribution in [0, 0.1) is 0 Å². The second-order valence-electron chi connectivity index (χ2n) is 6.49. The Bertz CT molecular complexity index is 1190. The molecule has 0 aliphatic rings. The zero-order valence-electron chi connectivity index (χ0n) is 15.5. The van der Waals surface area contributed by atoms with Gasteiger partial charge in [0, 0.05) is 11.9 Å². The maximum absolute atomic E-state index is 12.9. The minimum Gasteiger partial charge on any atom is -0.324 e. The van der Waals surface area contributed by atoms with Gasteiger partial charge in [0.25, 0.3) is 5.56 Å². The first-order chi connectivity index (χ1) is 13.7. The average molecular weight is 372 g/mol. The summed E-state index contributed by atoms with van der Waals surface area (Å²) < 4.78 is 3.12. The quantitative estimate of drug-likeness (QED) is 0.584. The lowest BCUT2D eigenvalue weighted by Crippen LogP contribution is -2.27. The molecule has 0 bridgehead atoms. The molecule has 0 atom stereocenters. The highest BCUT2D eigenvalue weighted by atomic mass is 16.2. The van der Waals surface area contributed by atoms with Gasteiger partial charge in [-0.15, -0.1) is 0 Å². The van der Waals surface area contributed by atoms with Crippen molar-refractivity contribution in [3.8, 4) is 5.69 Å². The molecule has 0 unspecified atom stereocenters. The van der Waals surface area contributed by atoms with Crippen LogP contribution in [0.1, 0.15) is 12.5 Å². The van der Waals surface area contributed by atoms with Crippen molar-refractivity contribution in [2.45, 2.75) is 19.9 Å². The first-order valence-electron chi connectivity index (χ1n) is 9.18. The maximum Gasteiger partial charge on any atom is 0.280 e. The first-order valence-corrected chi connectivity index (χ1v) is 9.18. The minimum atomic E-state index is -0.222. The molecular formula is C22H20N4O2. The van der Waals surface area contributed by atoms with Gasteiger partial charge in [-0.2, -0.15) is 0 Å². The number of para-hydroxylation sites is 1. The van der Waals surface area contributed by atoms with E-state index in [-0.39, 0.29) is 18.0 Å². The minimum absolute atomic E-state index is 0.0268. The lowest BCUT2D eigenvalue weighted by atomic mass is 10.1. The number of anilines is 1. The third-order valence-corrected chi connectivity index (χ3v) is 4.61. The molecule has 0 radical (unpaired) electrons. The summed E-state index contributed by atoms with van der Waals surface area (Å²) in [6, 6.07) is 20.4. The summed E-state index contributed by atoms with van der Waals surface area (Å²) in [6.07, 6.45) is 2.51. The summed E-state index contributed by atoms with van der Waals surface area (Å²) in [5.41, 5.74) is 2.85. The highest BCUT2D eigenvalue weighted by Crippen LogP contribution is 2.15. The van der Waals surface area contributed by atoms with Crippen molar-refractivity contribution in [2.75, 3.05) is 5.32 Å². The molecule has 6 heteroatoms. The Morgan fingerprint density at radius 3 is 2.64 bits per heavy atom. The zero-order valence-corrected chi connectivity index (χ0v) is 15.5. The third kappa shape index (κ3) is 3.32. The van der Waals surface area contributed by atoms with Crippen LogP contribution >= 0.6 is 0 Å². The SMILES string of the molecule is CCc1cccc(NC(=O)Cn2c3ncccc3c(=O)n2-c2ccccc2)c1. The lowest BCUT2D eigenvalue weighted by Gasteiger charge is -2.13.